The predicted molar refractivity (Wildman–Crippen MR) is 112 cm³/mol. The zero-order chi connectivity index (χ0) is 19.8. The molecular formula is C23H18ClN3O2. The SMILES string of the molecule is Cc1cccc(-c2[nH]c(Cc3cccc(Cl)c3)nc2-c2ccc3c(c2)OCO3)n1. The van der Waals surface area contributed by atoms with E-state index in [0.717, 1.165) is 51.2 Å². The molecule has 2 aromatic heterocycles. The lowest BCUT2D eigenvalue weighted by molar-refractivity contribution is 0.174. The topological polar surface area (TPSA) is 60.0 Å². The zero-order valence-corrected chi connectivity index (χ0v) is 16.5. The van der Waals surface area contributed by atoms with Gasteiger partial charge in [-0.2, -0.15) is 0 Å². The molecule has 5 nitrogen and oxygen atoms in total. The van der Waals surface area contributed by atoms with Gasteiger partial charge in [0.25, 0.3) is 0 Å². The summed E-state index contributed by atoms with van der Waals surface area (Å²) in [5.41, 5.74) is 5.55. The maximum Gasteiger partial charge on any atom is 0.231 e. The highest BCUT2D eigenvalue weighted by atomic mass is 35.5. The van der Waals surface area contributed by atoms with E-state index in [-0.39, 0.29) is 6.79 Å². The van der Waals surface area contributed by atoms with Gasteiger partial charge in [-0.05, 0) is 55.0 Å². The lowest BCUT2D eigenvalue weighted by Crippen LogP contribution is -1.92. The molecule has 0 atom stereocenters. The first-order chi connectivity index (χ1) is 14.2. The van der Waals surface area contributed by atoms with E-state index >= 15 is 0 Å². The summed E-state index contributed by atoms with van der Waals surface area (Å²) in [5, 5.41) is 0.714. The normalized spacial score (nSPS) is 12.3. The van der Waals surface area contributed by atoms with Gasteiger partial charge in [-0.15, -0.1) is 0 Å². The van der Waals surface area contributed by atoms with E-state index in [9.17, 15) is 0 Å². The van der Waals surface area contributed by atoms with Crippen molar-refractivity contribution in [2.45, 2.75) is 13.3 Å². The second kappa shape index (κ2) is 7.26. The second-order valence-electron chi connectivity index (χ2n) is 6.95. The molecule has 1 aliphatic rings. The third-order valence-electron chi connectivity index (χ3n) is 4.80. The molecule has 3 heterocycles. The van der Waals surface area contributed by atoms with Crippen molar-refractivity contribution in [3.05, 3.63) is 82.8 Å². The molecule has 144 valence electrons. The Morgan fingerprint density at radius 3 is 2.69 bits per heavy atom. The van der Waals surface area contributed by atoms with Gasteiger partial charge in [-0.25, -0.2) is 4.98 Å². The number of fused-ring (bicyclic) bond motifs is 1. The van der Waals surface area contributed by atoms with Crippen LogP contribution in [-0.2, 0) is 6.42 Å². The first kappa shape index (κ1) is 17.8. The average molecular weight is 404 g/mol. The highest BCUT2D eigenvalue weighted by molar-refractivity contribution is 6.30. The Morgan fingerprint density at radius 1 is 0.966 bits per heavy atom. The maximum atomic E-state index is 6.14. The number of nitrogens with one attached hydrogen (secondary N) is 1. The van der Waals surface area contributed by atoms with Crippen LogP contribution in [0.2, 0.25) is 5.02 Å². The molecule has 0 saturated heterocycles. The van der Waals surface area contributed by atoms with Crippen LogP contribution in [0.25, 0.3) is 22.6 Å². The third-order valence-corrected chi connectivity index (χ3v) is 5.04. The number of imidazole rings is 1. The van der Waals surface area contributed by atoms with E-state index in [0.29, 0.717) is 11.4 Å². The highest BCUT2D eigenvalue weighted by Crippen LogP contribution is 2.38. The molecule has 1 N–H and O–H groups in total. The van der Waals surface area contributed by atoms with Crippen molar-refractivity contribution in [1.82, 2.24) is 15.0 Å². The summed E-state index contributed by atoms with van der Waals surface area (Å²) >= 11 is 6.14. The van der Waals surface area contributed by atoms with E-state index in [1.807, 2.05) is 67.6 Å². The monoisotopic (exact) mass is 403 g/mol. The van der Waals surface area contributed by atoms with E-state index < -0.39 is 0 Å². The number of benzene rings is 2. The number of halogens is 1. The minimum absolute atomic E-state index is 0.242. The Morgan fingerprint density at radius 2 is 1.83 bits per heavy atom. The quantitative estimate of drug-likeness (QED) is 0.494. The van der Waals surface area contributed by atoms with Crippen LogP contribution in [0.15, 0.2) is 60.7 Å². The van der Waals surface area contributed by atoms with Crippen molar-refractivity contribution in [3.8, 4) is 34.1 Å². The number of pyridine rings is 1. The van der Waals surface area contributed by atoms with Gasteiger partial charge >= 0.3 is 0 Å². The summed E-state index contributed by atoms with van der Waals surface area (Å²) in [6.07, 6.45) is 0.643. The molecule has 29 heavy (non-hydrogen) atoms. The Labute approximate surface area is 173 Å². The van der Waals surface area contributed by atoms with Crippen molar-refractivity contribution in [1.29, 1.82) is 0 Å². The molecule has 0 bridgehead atoms. The average Bonchev–Trinajstić information content (AvgIpc) is 3.34. The number of hydrogen-bond acceptors (Lipinski definition) is 4. The van der Waals surface area contributed by atoms with Gasteiger partial charge in [0.1, 0.15) is 5.82 Å². The van der Waals surface area contributed by atoms with E-state index in [1.54, 1.807) is 0 Å². The number of nitrogens with zero attached hydrogens (tertiary/aromatic N) is 2. The molecule has 4 aromatic rings. The van der Waals surface area contributed by atoms with Crippen molar-refractivity contribution < 1.29 is 9.47 Å². The summed E-state index contributed by atoms with van der Waals surface area (Å²) in [6, 6.07) is 19.6. The molecule has 0 radical (unpaired) electrons. The Hall–Kier alpha value is -3.31. The number of ether oxygens (including phenoxy) is 2. The lowest BCUT2D eigenvalue weighted by Gasteiger charge is -2.04. The van der Waals surface area contributed by atoms with Crippen molar-refractivity contribution in [2.24, 2.45) is 0 Å². The summed E-state index contributed by atoms with van der Waals surface area (Å²) in [5.74, 6) is 2.32. The van der Waals surface area contributed by atoms with Gasteiger partial charge in [-0.3, -0.25) is 4.98 Å². The maximum absolute atomic E-state index is 6.14. The number of H-pyrrole nitrogens is 1. The van der Waals surface area contributed by atoms with E-state index in [1.165, 1.54) is 0 Å². The summed E-state index contributed by atoms with van der Waals surface area (Å²) in [7, 11) is 0. The van der Waals surface area contributed by atoms with Crippen molar-refractivity contribution in [3.63, 3.8) is 0 Å². The van der Waals surface area contributed by atoms with Crippen LogP contribution in [0.4, 0.5) is 0 Å². The minimum atomic E-state index is 0.242. The van der Waals surface area contributed by atoms with Crippen molar-refractivity contribution in [2.75, 3.05) is 6.79 Å². The number of rotatable bonds is 4. The summed E-state index contributed by atoms with van der Waals surface area (Å²) in [6.45, 7) is 2.22. The van der Waals surface area contributed by atoms with E-state index in [4.69, 9.17) is 26.1 Å². The molecule has 5 rings (SSSR count). The molecular weight excluding hydrogens is 386 g/mol. The van der Waals surface area contributed by atoms with Crippen LogP contribution in [0.1, 0.15) is 17.1 Å². The molecule has 2 aromatic carbocycles. The lowest BCUT2D eigenvalue weighted by atomic mass is 10.1. The zero-order valence-electron chi connectivity index (χ0n) is 15.8. The van der Waals surface area contributed by atoms with Gasteiger partial charge in [0.15, 0.2) is 11.5 Å². The Kier molecular flexibility index (Phi) is 4.45. The predicted octanol–water partition coefficient (Wildman–Crippen LogP) is 5.42. The molecule has 0 aliphatic carbocycles. The molecule has 0 fully saturated rings. The van der Waals surface area contributed by atoms with Crippen molar-refractivity contribution >= 4 is 11.6 Å². The molecule has 0 saturated carbocycles. The van der Waals surface area contributed by atoms with Gasteiger partial charge in [0.05, 0.1) is 17.1 Å². The molecule has 0 amide bonds. The Bertz CT molecular complexity index is 1200. The smallest absolute Gasteiger partial charge is 0.231 e. The van der Waals surface area contributed by atoms with Gasteiger partial charge in [-0.1, -0.05) is 29.8 Å². The molecule has 1 aliphatic heterocycles. The Balaban J connectivity index is 1.61. The number of aromatic nitrogens is 3. The van der Waals surface area contributed by atoms with Gasteiger partial charge < -0.3 is 14.5 Å². The highest BCUT2D eigenvalue weighted by Gasteiger charge is 2.19. The van der Waals surface area contributed by atoms with Crippen LogP contribution in [0, 0.1) is 6.92 Å². The standard InChI is InChI=1S/C23H18ClN3O2/c1-14-4-2-7-18(25-14)23-22(16-8-9-19-20(12-16)29-13-28-19)26-21(27-23)11-15-5-3-6-17(24)10-15/h2-10,12H,11,13H2,1H3,(H,26,27). The molecule has 0 spiro atoms. The van der Waals surface area contributed by atoms with Crippen LogP contribution >= 0.6 is 11.6 Å². The minimum Gasteiger partial charge on any atom is -0.454 e. The summed E-state index contributed by atoms with van der Waals surface area (Å²) in [4.78, 5) is 13.1. The fourth-order valence-electron chi connectivity index (χ4n) is 3.47. The first-order valence-corrected chi connectivity index (χ1v) is 9.71. The first-order valence-electron chi connectivity index (χ1n) is 9.33. The second-order valence-corrected chi connectivity index (χ2v) is 7.38. The third kappa shape index (κ3) is 3.57. The van der Waals surface area contributed by atoms with Crippen LogP contribution in [0.3, 0.4) is 0 Å². The fourth-order valence-corrected chi connectivity index (χ4v) is 3.68. The summed E-state index contributed by atoms with van der Waals surface area (Å²) < 4.78 is 11.0. The van der Waals surface area contributed by atoms with Gasteiger partial charge in [0.2, 0.25) is 6.79 Å². The number of hydrogen-bond donors (Lipinski definition) is 1. The number of aryl methyl sites for hydroxylation is 1. The van der Waals surface area contributed by atoms with Crippen LogP contribution in [-0.4, -0.2) is 21.7 Å². The largest absolute Gasteiger partial charge is 0.454 e. The fraction of sp³-hybridized carbons (Fsp3) is 0.130. The van der Waals surface area contributed by atoms with Crippen LogP contribution < -0.4 is 9.47 Å². The molecule has 6 heteroatoms. The van der Waals surface area contributed by atoms with E-state index in [2.05, 4.69) is 9.97 Å². The number of aromatic amines is 1. The van der Waals surface area contributed by atoms with Crippen LogP contribution in [0.5, 0.6) is 11.5 Å². The van der Waals surface area contributed by atoms with Gasteiger partial charge in [0, 0.05) is 22.7 Å². The molecule has 0 unspecified atom stereocenters.